The van der Waals surface area contributed by atoms with E-state index in [9.17, 15) is 4.79 Å². The lowest BCUT2D eigenvalue weighted by atomic mass is 10.2. The molecule has 5 aromatic rings. The molecule has 33 heavy (non-hydrogen) atoms. The molecular weight excluding hydrogens is 414 g/mol. The molecule has 7 heteroatoms. The molecule has 164 valence electrons. The van der Waals surface area contributed by atoms with Crippen LogP contribution in [-0.2, 0) is 0 Å². The van der Waals surface area contributed by atoms with Crippen molar-refractivity contribution < 1.29 is 9.53 Å². The van der Waals surface area contributed by atoms with Gasteiger partial charge in [0.25, 0.3) is 5.91 Å². The first-order valence-electron chi connectivity index (χ1n) is 10.7. The smallest absolute Gasteiger partial charge is 0.261 e. The van der Waals surface area contributed by atoms with Gasteiger partial charge in [-0.1, -0.05) is 24.3 Å². The third-order valence-electron chi connectivity index (χ3n) is 5.41. The van der Waals surface area contributed by atoms with Gasteiger partial charge in [0.2, 0.25) is 0 Å². The number of nitrogen functional groups attached to an aromatic ring is 1. The Morgan fingerprint density at radius 3 is 2.42 bits per heavy atom. The number of carbonyl (C=O) groups is 1. The second-order valence-electron chi connectivity index (χ2n) is 7.73. The van der Waals surface area contributed by atoms with E-state index in [2.05, 4.69) is 5.32 Å². The van der Waals surface area contributed by atoms with Crippen molar-refractivity contribution in [2.45, 2.75) is 13.8 Å². The van der Waals surface area contributed by atoms with Crippen LogP contribution >= 0.6 is 0 Å². The zero-order valence-corrected chi connectivity index (χ0v) is 18.4. The summed E-state index contributed by atoms with van der Waals surface area (Å²) in [5, 5.41) is 2.93. The summed E-state index contributed by atoms with van der Waals surface area (Å²) in [6.45, 7) is 4.51. The highest BCUT2D eigenvalue weighted by molar-refractivity contribution is 6.16. The van der Waals surface area contributed by atoms with Crippen LogP contribution in [0.5, 0.6) is 5.75 Å². The zero-order valence-electron chi connectivity index (χ0n) is 18.4. The number of nitrogens with zero attached hydrogens (tertiary/aromatic N) is 3. The van der Waals surface area contributed by atoms with E-state index in [1.807, 2.05) is 74.5 Å². The largest absolute Gasteiger partial charge is 0.494 e. The normalized spacial score (nSPS) is 11.1. The predicted octanol–water partition coefficient (Wildman–Crippen LogP) is 5.12. The first kappa shape index (κ1) is 20.5. The SMILES string of the molecule is CCOc1ccc(NC(=O)c2c(N)n(-c3cccc(C)c3)c3nc4ccccc4nc23)cc1. The maximum atomic E-state index is 13.4. The maximum absolute atomic E-state index is 13.4. The van der Waals surface area contributed by atoms with Crippen LogP contribution in [0.25, 0.3) is 27.9 Å². The van der Waals surface area contributed by atoms with Crippen LogP contribution in [0.3, 0.4) is 0 Å². The number of nitrogens with one attached hydrogen (secondary N) is 1. The van der Waals surface area contributed by atoms with Gasteiger partial charge in [0.05, 0.1) is 17.6 Å². The van der Waals surface area contributed by atoms with Crippen molar-refractivity contribution in [1.82, 2.24) is 14.5 Å². The van der Waals surface area contributed by atoms with Crippen molar-refractivity contribution >= 4 is 39.6 Å². The lowest BCUT2D eigenvalue weighted by Gasteiger charge is -2.09. The molecule has 0 atom stereocenters. The number of amides is 1. The molecule has 0 saturated heterocycles. The molecule has 7 nitrogen and oxygen atoms in total. The standard InChI is InChI=1S/C26H23N5O2/c1-3-33-19-13-11-17(12-14-19)28-26(32)22-23-25(30-21-10-5-4-9-20(21)29-23)31(24(22)27)18-8-6-7-16(2)15-18/h4-15H,3,27H2,1-2H3,(H,28,32). The second-order valence-corrected chi connectivity index (χ2v) is 7.73. The Kier molecular flexibility index (Phi) is 5.14. The maximum Gasteiger partial charge on any atom is 0.261 e. The third-order valence-corrected chi connectivity index (χ3v) is 5.41. The van der Waals surface area contributed by atoms with Gasteiger partial charge in [-0.15, -0.1) is 0 Å². The van der Waals surface area contributed by atoms with E-state index in [1.165, 1.54) is 0 Å². The van der Waals surface area contributed by atoms with E-state index in [0.29, 0.717) is 34.5 Å². The molecule has 0 radical (unpaired) electrons. The van der Waals surface area contributed by atoms with Crippen LogP contribution in [0.1, 0.15) is 22.8 Å². The van der Waals surface area contributed by atoms with Crippen LogP contribution in [0.2, 0.25) is 0 Å². The van der Waals surface area contributed by atoms with Gasteiger partial charge in [-0.05, 0) is 67.9 Å². The van der Waals surface area contributed by atoms with Gasteiger partial charge in [-0.25, -0.2) is 9.97 Å². The number of carbonyl (C=O) groups excluding carboxylic acids is 1. The number of anilines is 2. The summed E-state index contributed by atoms with van der Waals surface area (Å²) in [5.74, 6) is 0.676. The molecule has 0 saturated carbocycles. The number of fused-ring (bicyclic) bond motifs is 2. The lowest BCUT2D eigenvalue weighted by molar-refractivity contribution is 0.102. The molecule has 0 spiro atoms. The van der Waals surface area contributed by atoms with Gasteiger partial charge in [-0.3, -0.25) is 9.36 Å². The van der Waals surface area contributed by atoms with Gasteiger partial charge in [-0.2, -0.15) is 0 Å². The van der Waals surface area contributed by atoms with Gasteiger partial charge < -0.3 is 15.8 Å². The molecule has 0 fully saturated rings. The highest BCUT2D eigenvalue weighted by Crippen LogP contribution is 2.32. The molecule has 0 aliphatic heterocycles. The van der Waals surface area contributed by atoms with Crippen LogP contribution in [0.15, 0.2) is 72.8 Å². The minimum absolute atomic E-state index is 0.286. The molecule has 3 N–H and O–H groups in total. The molecule has 3 aromatic carbocycles. The molecule has 5 rings (SSSR count). The molecule has 0 unspecified atom stereocenters. The molecule has 2 heterocycles. The summed E-state index contributed by atoms with van der Waals surface area (Å²) in [6.07, 6.45) is 0. The number of aryl methyl sites for hydroxylation is 1. The lowest BCUT2D eigenvalue weighted by Crippen LogP contribution is -2.14. The topological polar surface area (TPSA) is 95.1 Å². The molecule has 0 aliphatic rings. The van der Waals surface area contributed by atoms with Crippen LogP contribution < -0.4 is 15.8 Å². The van der Waals surface area contributed by atoms with E-state index < -0.39 is 0 Å². The molecular formula is C26H23N5O2. The Bertz CT molecular complexity index is 1490. The van der Waals surface area contributed by atoms with Gasteiger partial charge in [0, 0.05) is 11.4 Å². The number of rotatable bonds is 5. The van der Waals surface area contributed by atoms with Crippen molar-refractivity contribution in [1.29, 1.82) is 0 Å². The average molecular weight is 438 g/mol. The van der Waals surface area contributed by atoms with Crippen LogP contribution in [0, 0.1) is 6.92 Å². The Labute approximate surface area is 190 Å². The summed E-state index contributed by atoms with van der Waals surface area (Å²) >= 11 is 0. The zero-order chi connectivity index (χ0) is 22.9. The third kappa shape index (κ3) is 3.74. The fraction of sp³-hybridized carbons (Fsp3) is 0.115. The van der Waals surface area contributed by atoms with Crippen molar-refractivity contribution in [3.63, 3.8) is 0 Å². The van der Waals surface area contributed by atoms with Crippen LogP contribution in [0.4, 0.5) is 11.5 Å². The van der Waals surface area contributed by atoms with Crippen molar-refractivity contribution in [3.8, 4) is 11.4 Å². The van der Waals surface area contributed by atoms with Gasteiger partial charge in [0.15, 0.2) is 5.65 Å². The highest BCUT2D eigenvalue weighted by Gasteiger charge is 2.25. The van der Waals surface area contributed by atoms with Gasteiger partial charge in [0.1, 0.15) is 22.6 Å². The summed E-state index contributed by atoms with van der Waals surface area (Å²) in [7, 11) is 0. The van der Waals surface area contributed by atoms with E-state index in [-0.39, 0.29) is 11.7 Å². The summed E-state index contributed by atoms with van der Waals surface area (Å²) in [6, 6.07) is 22.7. The average Bonchev–Trinajstić information content (AvgIpc) is 3.09. The van der Waals surface area contributed by atoms with E-state index in [1.54, 1.807) is 16.7 Å². The number of aromatic nitrogens is 3. The minimum Gasteiger partial charge on any atom is -0.494 e. The molecule has 0 aliphatic carbocycles. The molecule has 2 aromatic heterocycles. The summed E-state index contributed by atoms with van der Waals surface area (Å²) in [5.41, 5.74) is 11.8. The first-order valence-corrected chi connectivity index (χ1v) is 10.7. The summed E-state index contributed by atoms with van der Waals surface area (Å²) < 4.78 is 7.26. The van der Waals surface area contributed by atoms with E-state index in [4.69, 9.17) is 20.4 Å². The van der Waals surface area contributed by atoms with Crippen molar-refractivity contribution in [2.24, 2.45) is 0 Å². The highest BCUT2D eigenvalue weighted by atomic mass is 16.5. The quantitative estimate of drug-likeness (QED) is 0.398. The number of para-hydroxylation sites is 2. The number of hydrogen-bond donors (Lipinski definition) is 2. The predicted molar refractivity (Wildman–Crippen MR) is 131 cm³/mol. The first-order chi connectivity index (χ1) is 16.0. The van der Waals surface area contributed by atoms with E-state index >= 15 is 0 Å². The Morgan fingerprint density at radius 1 is 1.00 bits per heavy atom. The summed E-state index contributed by atoms with van der Waals surface area (Å²) in [4.78, 5) is 23.0. The Hall–Kier alpha value is -4.39. The molecule has 0 bridgehead atoms. The van der Waals surface area contributed by atoms with E-state index in [0.717, 1.165) is 22.5 Å². The second kappa shape index (κ2) is 8.27. The number of nitrogens with two attached hydrogens (primary N) is 1. The van der Waals surface area contributed by atoms with Crippen LogP contribution in [-0.4, -0.2) is 27.0 Å². The Balaban J connectivity index is 1.66. The monoisotopic (exact) mass is 437 g/mol. The number of hydrogen-bond acceptors (Lipinski definition) is 5. The van der Waals surface area contributed by atoms with Crippen molar-refractivity contribution in [3.05, 3.63) is 83.9 Å². The fourth-order valence-corrected chi connectivity index (χ4v) is 3.91. The fourth-order valence-electron chi connectivity index (χ4n) is 3.91. The number of benzene rings is 3. The van der Waals surface area contributed by atoms with Gasteiger partial charge >= 0.3 is 0 Å². The Morgan fingerprint density at radius 2 is 1.73 bits per heavy atom. The minimum atomic E-state index is -0.349. The number of ether oxygens (including phenoxy) is 1. The molecule has 1 amide bonds. The van der Waals surface area contributed by atoms with Crippen molar-refractivity contribution in [2.75, 3.05) is 17.7 Å².